The van der Waals surface area contributed by atoms with Gasteiger partial charge in [-0.1, -0.05) is 0 Å². The van der Waals surface area contributed by atoms with Gasteiger partial charge in [-0.2, -0.15) is 0 Å². The fourth-order valence-corrected chi connectivity index (χ4v) is 0.901. The Morgan fingerprint density at radius 2 is 2.09 bits per heavy atom. The summed E-state index contributed by atoms with van der Waals surface area (Å²) >= 11 is 0. The lowest BCUT2D eigenvalue weighted by molar-refractivity contribution is -0.139. The van der Waals surface area contributed by atoms with Crippen molar-refractivity contribution < 1.29 is 26.5 Å². The number of methoxy groups -OCH3 is 1. The number of hydrogen-bond donors (Lipinski definition) is 0. The van der Waals surface area contributed by atoms with E-state index >= 15 is 0 Å². The third-order valence-corrected chi connectivity index (χ3v) is 1.62. The number of esters is 1. The van der Waals surface area contributed by atoms with Crippen LogP contribution in [0, 0.1) is 0 Å². The molecule has 0 saturated carbocycles. The van der Waals surface area contributed by atoms with Gasteiger partial charge in [0.1, 0.15) is 17.9 Å². The molecule has 0 rings (SSSR count). The van der Waals surface area contributed by atoms with Crippen LogP contribution in [0.25, 0.3) is 0 Å². The Hall–Kier alpha value is 0.0400. The Morgan fingerprint density at radius 3 is 2.45 bits per heavy atom. The third kappa shape index (κ3) is 10.0. The highest BCUT2D eigenvalue weighted by Crippen LogP contribution is 1.91. The molecule has 4 heteroatoms. The van der Waals surface area contributed by atoms with E-state index in [2.05, 4.69) is 17.2 Å². The van der Waals surface area contributed by atoms with Crippen molar-refractivity contribution >= 4 is 16.9 Å². The molecule has 0 aromatic carbocycles. The normalized spacial score (nSPS) is 9.82. The fraction of sp³-hybridized carbons (Fsp3) is 0.571. The predicted octanol–water partition coefficient (Wildman–Crippen LogP) is -2.05. The molecule has 0 amide bonds. The van der Waals surface area contributed by atoms with Crippen molar-refractivity contribution in [1.29, 1.82) is 0 Å². The van der Waals surface area contributed by atoms with Gasteiger partial charge in [-0.25, -0.2) is 0 Å². The van der Waals surface area contributed by atoms with Gasteiger partial charge in [0.2, 0.25) is 0 Å². The van der Waals surface area contributed by atoms with E-state index in [9.17, 15) is 4.79 Å². The highest BCUT2D eigenvalue weighted by Gasteiger charge is 1.97. The first-order valence-electron chi connectivity index (χ1n) is 2.96. The largest absolute Gasteiger partial charge is 1.00 e. The van der Waals surface area contributed by atoms with Gasteiger partial charge in [-0.15, -0.1) is 0 Å². The topological polar surface area (TPSA) is 26.3 Å². The summed E-state index contributed by atoms with van der Waals surface area (Å²) in [5.41, 5.74) is 0. The number of ether oxygens (including phenoxy) is 1. The second-order valence-electron chi connectivity index (χ2n) is 2.03. The maximum absolute atomic E-state index is 10.5. The molecule has 0 aliphatic carbocycles. The third-order valence-electron chi connectivity index (χ3n) is 0.881. The van der Waals surface area contributed by atoms with Crippen LogP contribution in [0.2, 0.25) is 0 Å². The van der Waals surface area contributed by atoms with Crippen molar-refractivity contribution in [2.45, 2.75) is 6.42 Å². The van der Waals surface area contributed by atoms with Gasteiger partial charge in [0.05, 0.1) is 13.5 Å². The van der Waals surface area contributed by atoms with E-state index in [4.69, 9.17) is 0 Å². The van der Waals surface area contributed by atoms with E-state index in [0.29, 0.717) is 6.42 Å². The van der Waals surface area contributed by atoms with Crippen molar-refractivity contribution in [3.05, 3.63) is 11.5 Å². The van der Waals surface area contributed by atoms with E-state index < -0.39 is 0 Å². The molecular weight excluding hydrogens is 228 g/mol. The van der Waals surface area contributed by atoms with Crippen molar-refractivity contribution in [3.8, 4) is 0 Å². The minimum atomic E-state index is -0.179. The average Bonchev–Trinajstić information content (AvgIpc) is 1.87. The van der Waals surface area contributed by atoms with Crippen molar-refractivity contribution in [3.63, 3.8) is 0 Å². The zero-order chi connectivity index (χ0) is 7.98. The zero-order valence-electron chi connectivity index (χ0n) is 6.96. The number of hydrogen-bond acceptors (Lipinski definition) is 2. The Bertz CT molecular complexity index is 134. The van der Waals surface area contributed by atoms with Crippen LogP contribution in [0.15, 0.2) is 11.5 Å². The van der Waals surface area contributed by atoms with Gasteiger partial charge in [0, 0.05) is 10.9 Å². The molecule has 0 unspecified atom stereocenters. The molecule has 0 saturated heterocycles. The fourth-order valence-electron chi connectivity index (χ4n) is 0.420. The molecule has 0 heterocycles. The van der Waals surface area contributed by atoms with E-state index in [1.54, 1.807) is 0 Å². The van der Waals surface area contributed by atoms with Crippen molar-refractivity contribution in [2.24, 2.45) is 0 Å². The summed E-state index contributed by atoms with van der Waals surface area (Å²) in [5, 5.41) is 2.01. The van der Waals surface area contributed by atoms with Crippen LogP contribution in [0.3, 0.4) is 0 Å². The molecule has 0 fully saturated rings. The summed E-state index contributed by atoms with van der Waals surface area (Å²) in [7, 11) is 1.67. The number of carbonyl (C=O) groups is 1. The molecule has 0 N–H and O–H groups in total. The molecule has 0 aliphatic heterocycles. The molecule has 0 radical (unpaired) electrons. The molecule has 0 aromatic rings. The second kappa shape index (κ2) is 8.14. The standard InChI is InChI=1S/C7H13O2S.BrH/c1-9-7(8)5-4-6-10(2)3;/h4,6H,5H2,1-3H3;1H/q+1;/p-1/b6-4+;. The quantitative estimate of drug-likeness (QED) is 0.420. The zero-order valence-corrected chi connectivity index (χ0v) is 9.37. The van der Waals surface area contributed by atoms with Crippen molar-refractivity contribution in [1.82, 2.24) is 0 Å². The highest BCUT2D eigenvalue weighted by molar-refractivity contribution is 7.98. The lowest BCUT2D eigenvalue weighted by atomic mass is 10.4. The summed E-state index contributed by atoms with van der Waals surface area (Å²) < 4.78 is 4.44. The molecule has 0 aliphatic rings. The van der Waals surface area contributed by atoms with Crippen LogP contribution >= 0.6 is 0 Å². The number of halogens is 1. The summed E-state index contributed by atoms with van der Waals surface area (Å²) in [6.45, 7) is 0. The van der Waals surface area contributed by atoms with Gasteiger partial charge in [-0.3, -0.25) is 4.79 Å². The SMILES string of the molecule is COC(=O)C/C=C/[S+](C)C.[Br-]. The Balaban J connectivity index is 0. The van der Waals surface area contributed by atoms with Crippen LogP contribution in [0.4, 0.5) is 0 Å². The second-order valence-corrected chi connectivity index (χ2v) is 4.06. The molecular formula is C7H13BrO2S. The lowest BCUT2D eigenvalue weighted by Crippen LogP contribution is -3.00. The van der Waals surface area contributed by atoms with Gasteiger partial charge in [0.25, 0.3) is 0 Å². The van der Waals surface area contributed by atoms with Crippen LogP contribution in [0.1, 0.15) is 6.42 Å². The first kappa shape index (κ1) is 13.6. The highest BCUT2D eigenvalue weighted by atomic mass is 79.9. The van der Waals surface area contributed by atoms with Crippen LogP contribution in [-0.4, -0.2) is 25.6 Å². The average molecular weight is 241 g/mol. The minimum Gasteiger partial charge on any atom is -1.00 e. The Kier molecular flexibility index (Phi) is 10.1. The van der Waals surface area contributed by atoms with Gasteiger partial charge >= 0.3 is 5.97 Å². The Labute approximate surface area is 81.1 Å². The molecule has 2 nitrogen and oxygen atoms in total. The lowest BCUT2D eigenvalue weighted by Gasteiger charge is -1.90. The summed E-state index contributed by atoms with van der Waals surface area (Å²) in [6.07, 6.45) is 6.41. The van der Waals surface area contributed by atoms with Crippen LogP contribution in [-0.2, 0) is 20.4 Å². The van der Waals surface area contributed by atoms with Gasteiger partial charge < -0.3 is 21.7 Å². The van der Waals surface area contributed by atoms with Gasteiger partial charge in [-0.05, 0) is 6.08 Å². The molecule has 0 aromatic heterocycles. The monoisotopic (exact) mass is 240 g/mol. The molecule has 66 valence electrons. The summed E-state index contributed by atoms with van der Waals surface area (Å²) in [5.74, 6) is -0.179. The van der Waals surface area contributed by atoms with Gasteiger partial charge in [0.15, 0.2) is 0 Å². The minimum absolute atomic E-state index is 0. The number of carbonyl (C=O) groups excluding carboxylic acids is 1. The van der Waals surface area contributed by atoms with E-state index in [0.717, 1.165) is 0 Å². The maximum Gasteiger partial charge on any atom is 0.309 e. The predicted molar refractivity (Wildman–Crippen MR) is 45.0 cm³/mol. The first-order chi connectivity index (χ1) is 4.66. The number of rotatable bonds is 3. The summed E-state index contributed by atoms with van der Waals surface area (Å²) in [4.78, 5) is 10.5. The van der Waals surface area contributed by atoms with Crippen molar-refractivity contribution in [2.75, 3.05) is 19.6 Å². The maximum atomic E-state index is 10.5. The molecule has 11 heavy (non-hydrogen) atoms. The van der Waals surface area contributed by atoms with E-state index in [-0.39, 0.29) is 33.8 Å². The molecule has 0 bridgehead atoms. The smallest absolute Gasteiger partial charge is 0.309 e. The first-order valence-corrected chi connectivity index (χ1v) is 5.07. The van der Waals surface area contributed by atoms with E-state index in [1.807, 2.05) is 11.5 Å². The van der Waals surface area contributed by atoms with Crippen LogP contribution in [0.5, 0.6) is 0 Å². The van der Waals surface area contributed by atoms with E-state index in [1.165, 1.54) is 7.11 Å². The molecule has 0 atom stereocenters. The Morgan fingerprint density at radius 1 is 1.55 bits per heavy atom. The summed E-state index contributed by atoms with van der Waals surface area (Å²) in [6, 6.07) is 0. The molecule has 0 spiro atoms. The van der Waals surface area contributed by atoms with Crippen LogP contribution < -0.4 is 17.0 Å².